The number of benzene rings is 2. The van der Waals surface area contributed by atoms with Crippen LogP contribution in [0.3, 0.4) is 0 Å². The summed E-state index contributed by atoms with van der Waals surface area (Å²) in [6.45, 7) is 11.4. The minimum atomic E-state index is -0.281. The van der Waals surface area contributed by atoms with E-state index >= 15 is 0 Å². The number of rotatable bonds is 5. The maximum atomic E-state index is 13.6. The van der Waals surface area contributed by atoms with Crippen LogP contribution in [-0.2, 0) is 6.54 Å². The summed E-state index contributed by atoms with van der Waals surface area (Å²) in [6.07, 6.45) is 1.86. The number of nitriles is 1. The van der Waals surface area contributed by atoms with E-state index in [2.05, 4.69) is 50.8 Å². The molecule has 5 rings (SSSR count). The van der Waals surface area contributed by atoms with Crippen molar-refractivity contribution in [3.8, 4) is 11.8 Å². The topological polar surface area (TPSA) is 76.8 Å². The molecule has 0 aromatic heterocycles. The van der Waals surface area contributed by atoms with Crippen LogP contribution < -0.4 is 9.64 Å². The number of carbonyl (C=O) groups is 1. The Morgan fingerprint density at radius 1 is 1.11 bits per heavy atom. The molecular formula is C29H34ClN3O3. The van der Waals surface area contributed by atoms with E-state index in [1.807, 2.05) is 11.0 Å². The van der Waals surface area contributed by atoms with Gasteiger partial charge < -0.3 is 19.6 Å². The second kappa shape index (κ2) is 8.97. The van der Waals surface area contributed by atoms with Crippen LogP contribution in [0.5, 0.6) is 5.75 Å². The second-order valence-electron chi connectivity index (χ2n) is 11.7. The van der Waals surface area contributed by atoms with Crippen LogP contribution in [0.2, 0.25) is 5.02 Å². The zero-order valence-electron chi connectivity index (χ0n) is 21.4. The molecule has 1 saturated carbocycles. The third-order valence-corrected chi connectivity index (χ3v) is 8.86. The first-order valence-corrected chi connectivity index (χ1v) is 13.1. The van der Waals surface area contributed by atoms with Crippen LogP contribution in [0, 0.1) is 28.1 Å². The highest BCUT2D eigenvalue weighted by Crippen LogP contribution is 2.59. The van der Waals surface area contributed by atoms with E-state index in [4.69, 9.17) is 21.6 Å². The minimum absolute atomic E-state index is 0.00695. The Labute approximate surface area is 218 Å². The Bertz CT molecular complexity index is 1210. The third-order valence-electron chi connectivity index (χ3n) is 8.55. The molecule has 2 heterocycles. The number of hydrogen-bond acceptors (Lipinski definition) is 5. The Kier molecular flexibility index (Phi) is 6.21. The van der Waals surface area contributed by atoms with Crippen LogP contribution in [0.25, 0.3) is 0 Å². The molecule has 2 aromatic carbocycles. The van der Waals surface area contributed by atoms with Crippen molar-refractivity contribution in [2.75, 3.05) is 24.6 Å². The number of amides is 1. The van der Waals surface area contributed by atoms with Gasteiger partial charge in [-0.25, -0.2) is 0 Å². The van der Waals surface area contributed by atoms with Crippen molar-refractivity contribution < 1.29 is 14.6 Å². The molecule has 7 heteroatoms. The number of carbonyl (C=O) groups excluding carboxylic acids is 1. The zero-order valence-corrected chi connectivity index (χ0v) is 22.2. The fourth-order valence-electron chi connectivity index (χ4n) is 7.12. The first-order valence-electron chi connectivity index (χ1n) is 12.7. The van der Waals surface area contributed by atoms with Crippen molar-refractivity contribution in [2.45, 2.75) is 59.2 Å². The maximum absolute atomic E-state index is 13.6. The fourth-order valence-corrected chi connectivity index (χ4v) is 7.33. The SMILES string of the molecule is CC1(C)C(Oc2ccc(C#N)c(Cl)c2)C(C)(C)C1N1Cc2cc(N3CCC(CO)CC3)ccc2C1=O. The lowest BCUT2D eigenvalue weighted by Gasteiger charge is -2.65. The van der Waals surface area contributed by atoms with Gasteiger partial charge in [0.1, 0.15) is 17.9 Å². The summed E-state index contributed by atoms with van der Waals surface area (Å²) in [5.41, 5.74) is 2.89. The number of aliphatic hydroxyl groups is 1. The van der Waals surface area contributed by atoms with E-state index < -0.39 is 0 Å². The van der Waals surface area contributed by atoms with Crippen molar-refractivity contribution in [1.82, 2.24) is 4.90 Å². The average molecular weight is 508 g/mol. The number of anilines is 1. The standard InChI is InChI=1S/C29H34ClN3O3/c1-28(2)26(29(3,4)27(28)36-22-7-5-19(15-31)24(30)14-22)33-16-20-13-21(6-8-23(20)25(33)35)32-11-9-18(17-34)10-12-32/h5-8,13-14,18,26-27,34H,9-12,16-17H2,1-4H3. The van der Waals surface area contributed by atoms with E-state index in [-0.39, 0.29) is 35.5 Å². The lowest BCUT2D eigenvalue weighted by molar-refractivity contribution is -0.199. The molecule has 1 aliphatic carbocycles. The smallest absolute Gasteiger partial charge is 0.254 e. The number of halogens is 1. The highest BCUT2D eigenvalue weighted by Gasteiger charge is 2.67. The molecule has 36 heavy (non-hydrogen) atoms. The van der Waals surface area contributed by atoms with Gasteiger partial charge in [0.05, 0.1) is 10.6 Å². The Morgan fingerprint density at radius 3 is 2.42 bits per heavy atom. The molecular weight excluding hydrogens is 474 g/mol. The Hall–Kier alpha value is -2.75. The van der Waals surface area contributed by atoms with Gasteiger partial charge in [0.2, 0.25) is 0 Å². The molecule has 3 aliphatic rings. The van der Waals surface area contributed by atoms with Gasteiger partial charge in [0, 0.05) is 60.4 Å². The summed E-state index contributed by atoms with van der Waals surface area (Å²) >= 11 is 6.23. The van der Waals surface area contributed by atoms with Gasteiger partial charge in [-0.15, -0.1) is 0 Å². The summed E-state index contributed by atoms with van der Waals surface area (Å²) in [5, 5.41) is 19.0. The molecule has 0 unspecified atom stereocenters. The quantitative estimate of drug-likeness (QED) is 0.597. The lowest BCUT2D eigenvalue weighted by atomic mass is 9.49. The van der Waals surface area contributed by atoms with Crippen molar-refractivity contribution in [3.63, 3.8) is 0 Å². The van der Waals surface area contributed by atoms with E-state index in [0.29, 0.717) is 28.8 Å². The van der Waals surface area contributed by atoms with Crippen molar-refractivity contribution >= 4 is 23.2 Å². The molecule has 6 nitrogen and oxygen atoms in total. The molecule has 1 N–H and O–H groups in total. The number of hydrogen-bond donors (Lipinski definition) is 1. The third kappa shape index (κ3) is 3.93. The average Bonchev–Trinajstić information content (AvgIpc) is 3.16. The second-order valence-corrected chi connectivity index (χ2v) is 12.1. The van der Waals surface area contributed by atoms with Gasteiger partial charge in [-0.3, -0.25) is 4.79 Å². The van der Waals surface area contributed by atoms with Gasteiger partial charge >= 0.3 is 0 Å². The highest BCUT2D eigenvalue weighted by molar-refractivity contribution is 6.31. The predicted octanol–water partition coefficient (Wildman–Crippen LogP) is 5.26. The molecule has 0 spiro atoms. The number of nitrogens with zero attached hydrogens (tertiary/aromatic N) is 3. The van der Waals surface area contributed by atoms with Crippen molar-refractivity contribution in [2.24, 2.45) is 16.7 Å². The zero-order chi connectivity index (χ0) is 25.8. The maximum Gasteiger partial charge on any atom is 0.254 e. The Morgan fingerprint density at radius 2 is 1.81 bits per heavy atom. The first-order chi connectivity index (χ1) is 17.1. The van der Waals surface area contributed by atoms with Crippen LogP contribution >= 0.6 is 11.6 Å². The summed E-state index contributed by atoms with van der Waals surface area (Å²) in [6, 6.07) is 13.5. The van der Waals surface area contributed by atoms with Crippen LogP contribution in [-0.4, -0.2) is 47.8 Å². The molecule has 2 aliphatic heterocycles. The Balaban J connectivity index is 1.33. The normalized spacial score (nSPS) is 24.8. The van der Waals surface area contributed by atoms with Crippen molar-refractivity contribution in [3.05, 3.63) is 58.1 Å². The molecule has 1 saturated heterocycles. The summed E-state index contributed by atoms with van der Waals surface area (Å²) in [4.78, 5) is 17.9. The summed E-state index contributed by atoms with van der Waals surface area (Å²) in [7, 11) is 0. The van der Waals surface area contributed by atoms with Crippen molar-refractivity contribution in [1.29, 1.82) is 5.26 Å². The molecule has 0 atom stereocenters. The van der Waals surface area contributed by atoms with Crippen LogP contribution in [0.4, 0.5) is 5.69 Å². The van der Waals surface area contributed by atoms with Gasteiger partial charge in [-0.05, 0) is 54.7 Å². The molecule has 0 radical (unpaired) electrons. The highest BCUT2D eigenvalue weighted by atomic mass is 35.5. The van der Waals surface area contributed by atoms with E-state index in [9.17, 15) is 9.90 Å². The van der Waals surface area contributed by atoms with E-state index in [1.54, 1.807) is 18.2 Å². The monoisotopic (exact) mass is 507 g/mol. The van der Waals surface area contributed by atoms with Gasteiger partial charge in [-0.1, -0.05) is 39.3 Å². The molecule has 2 fully saturated rings. The van der Waals surface area contributed by atoms with E-state index in [0.717, 1.165) is 42.7 Å². The molecule has 190 valence electrons. The largest absolute Gasteiger partial charge is 0.489 e. The number of piperidine rings is 1. The van der Waals surface area contributed by atoms with Gasteiger partial charge in [0.15, 0.2) is 0 Å². The fraction of sp³-hybridized carbons (Fsp3) is 0.517. The van der Waals surface area contributed by atoms with E-state index in [1.165, 1.54) is 0 Å². The summed E-state index contributed by atoms with van der Waals surface area (Å²) < 4.78 is 6.42. The summed E-state index contributed by atoms with van der Waals surface area (Å²) in [5.74, 6) is 1.11. The van der Waals surface area contributed by atoms with Crippen LogP contribution in [0.15, 0.2) is 36.4 Å². The molecule has 1 amide bonds. The molecule has 2 aromatic rings. The first kappa shape index (κ1) is 24.9. The predicted molar refractivity (Wildman–Crippen MR) is 140 cm³/mol. The number of ether oxygens (including phenoxy) is 1. The minimum Gasteiger partial charge on any atom is -0.489 e. The number of fused-ring (bicyclic) bond motifs is 1. The van der Waals surface area contributed by atoms with Gasteiger partial charge in [0.25, 0.3) is 5.91 Å². The number of aliphatic hydroxyl groups excluding tert-OH is 1. The van der Waals surface area contributed by atoms with Gasteiger partial charge in [-0.2, -0.15) is 5.26 Å². The lowest BCUT2D eigenvalue weighted by Crippen LogP contribution is -2.74. The molecule has 0 bridgehead atoms. The van der Waals surface area contributed by atoms with Crippen LogP contribution in [0.1, 0.15) is 62.0 Å².